The average molecular weight is 373 g/mol. The lowest BCUT2D eigenvalue weighted by atomic mass is 9.44. The molecule has 0 saturated heterocycles. The van der Waals surface area contributed by atoms with Gasteiger partial charge in [-0.15, -0.1) is 0 Å². The molecule has 27 heavy (non-hydrogen) atoms. The summed E-state index contributed by atoms with van der Waals surface area (Å²) >= 11 is 0. The zero-order valence-corrected chi connectivity index (χ0v) is 19.2. The van der Waals surface area contributed by atoms with Gasteiger partial charge in [-0.05, 0) is 104 Å². The second kappa shape index (κ2) is 7.68. The topological polar surface area (TPSA) is 0 Å². The summed E-state index contributed by atoms with van der Waals surface area (Å²) < 4.78 is 0. The van der Waals surface area contributed by atoms with Gasteiger partial charge in [0.05, 0.1) is 0 Å². The van der Waals surface area contributed by atoms with Crippen LogP contribution in [0.15, 0.2) is 0 Å². The lowest BCUT2D eigenvalue weighted by Crippen LogP contribution is -2.53. The van der Waals surface area contributed by atoms with Gasteiger partial charge in [-0.3, -0.25) is 0 Å². The SMILES string of the molecule is CC(C)CCC[C@@H](C)[C@H]1CCC2C3CCC4CCCC[C@]4(C)C3CC[C@@]21C. The smallest absolute Gasteiger partial charge is 0.0264 e. The number of rotatable bonds is 5. The first-order chi connectivity index (χ1) is 12.9. The van der Waals surface area contributed by atoms with E-state index in [0.717, 1.165) is 41.4 Å². The molecule has 0 nitrogen and oxygen atoms in total. The third-order valence-electron chi connectivity index (χ3n) is 10.8. The Bertz CT molecular complexity index is 506. The molecule has 4 aliphatic rings. The fourth-order valence-corrected chi connectivity index (χ4v) is 9.32. The maximum absolute atomic E-state index is 2.75. The number of hydrogen-bond donors (Lipinski definition) is 0. The molecule has 0 heteroatoms. The molecule has 0 aliphatic heterocycles. The van der Waals surface area contributed by atoms with Crippen LogP contribution >= 0.6 is 0 Å². The van der Waals surface area contributed by atoms with Crippen molar-refractivity contribution in [2.24, 2.45) is 52.3 Å². The molecule has 0 N–H and O–H groups in total. The van der Waals surface area contributed by atoms with E-state index < -0.39 is 0 Å². The molecule has 0 aromatic rings. The van der Waals surface area contributed by atoms with E-state index in [0.29, 0.717) is 10.8 Å². The van der Waals surface area contributed by atoms with Gasteiger partial charge in [0.15, 0.2) is 0 Å². The fourth-order valence-electron chi connectivity index (χ4n) is 9.32. The zero-order valence-electron chi connectivity index (χ0n) is 19.2. The first kappa shape index (κ1) is 20.3. The van der Waals surface area contributed by atoms with Crippen LogP contribution in [0.3, 0.4) is 0 Å². The van der Waals surface area contributed by atoms with Crippen molar-refractivity contribution in [2.75, 3.05) is 0 Å². The molecule has 4 rings (SSSR count). The summed E-state index contributed by atoms with van der Waals surface area (Å²) in [4.78, 5) is 0. The zero-order chi connectivity index (χ0) is 19.2. The van der Waals surface area contributed by atoms with Crippen LogP contribution < -0.4 is 0 Å². The van der Waals surface area contributed by atoms with Crippen molar-refractivity contribution >= 4 is 0 Å². The summed E-state index contributed by atoms with van der Waals surface area (Å²) in [6.07, 6.45) is 19.9. The molecule has 0 radical (unpaired) electrons. The number of hydrogen-bond acceptors (Lipinski definition) is 0. The van der Waals surface area contributed by atoms with Crippen LogP contribution in [-0.4, -0.2) is 0 Å². The van der Waals surface area contributed by atoms with E-state index in [1.807, 2.05) is 0 Å². The summed E-state index contributed by atoms with van der Waals surface area (Å²) in [5.74, 6) is 7.15. The molecule has 0 aromatic carbocycles. The highest BCUT2D eigenvalue weighted by atomic mass is 14.6. The summed E-state index contributed by atoms with van der Waals surface area (Å²) in [5, 5.41) is 0. The standard InChI is InChI=1S/C27H48/c1-19(2)9-8-10-20(3)23-14-15-24-22-13-12-21-11-6-7-17-26(21,4)25(22)16-18-27(23,24)5/h19-25H,6-18H2,1-5H3/t20-,21?,22?,23-,24?,25?,26+,27-/m1/s1. The molecule has 0 spiro atoms. The normalized spacial score (nSPS) is 48.0. The van der Waals surface area contributed by atoms with Gasteiger partial charge >= 0.3 is 0 Å². The van der Waals surface area contributed by atoms with Gasteiger partial charge in [-0.25, -0.2) is 0 Å². The van der Waals surface area contributed by atoms with E-state index in [4.69, 9.17) is 0 Å². The van der Waals surface area contributed by atoms with Crippen molar-refractivity contribution in [2.45, 2.75) is 118 Å². The van der Waals surface area contributed by atoms with Crippen molar-refractivity contribution in [3.8, 4) is 0 Å². The Balaban J connectivity index is 1.46. The van der Waals surface area contributed by atoms with Crippen molar-refractivity contribution in [3.05, 3.63) is 0 Å². The minimum absolute atomic E-state index is 0.677. The van der Waals surface area contributed by atoms with Gasteiger partial charge in [-0.2, -0.15) is 0 Å². The van der Waals surface area contributed by atoms with Gasteiger partial charge in [0.1, 0.15) is 0 Å². The second-order valence-electron chi connectivity index (χ2n) is 12.4. The highest BCUT2D eigenvalue weighted by Crippen LogP contribution is 2.68. The highest BCUT2D eigenvalue weighted by molar-refractivity contribution is 5.09. The molecule has 0 heterocycles. The summed E-state index contributed by atoms with van der Waals surface area (Å²) in [5.41, 5.74) is 1.39. The fraction of sp³-hybridized carbons (Fsp3) is 1.00. The predicted molar refractivity (Wildman–Crippen MR) is 118 cm³/mol. The van der Waals surface area contributed by atoms with Gasteiger partial charge in [0.25, 0.3) is 0 Å². The molecular formula is C27H48. The van der Waals surface area contributed by atoms with Crippen LogP contribution in [0.2, 0.25) is 0 Å². The monoisotopic (exact) mass is 372 g/mol. The molecule has 4 fully saturated rings. The van der Waals surface area contributed by atoms with E-state index in [2.05, 4.69) is 34.6 Å². The Hall–Kier alpha value is 0. The molecule has 4 aliphatic carbocycles. The average Bonchev–Trinajstić information content (AvgIpc) is 2.98. The molecule has 156 valence electrons. The molecule has 8 atom stereocenters. The molecule has 0 bridgehead atoms. The number of fused-ring (bicyclic) bond motifs is 5. The van der Waals surface area contributed by atoms with Crippen LogP contribution in [0.25, 0.3) is 0 Å². The minimum Gasteiger partial charge on any atom is -0.0628 e. The molecule has 0 amide bonds. The van der Waals surface area contributed by atoms with Crippen molar-refractivity contribution in [1.82, 2.24) is 0 Å². The lowest BCUT2D eigenvalue weighted by Gasteiger charge is -2.61. The Morgan fingerprint density at radius 2 is 1.52 bits per heavy atom. The molecule has 0 aromatic heterocycles. The second-order valence-corrected chi connectivity index (χ2v) is 12.4. The Morgan fingerprint density at radius 1 is 0.741 bits per heavy atom. The Kier molecular flexibility index (Phi) is 5.77. The predicted octanol–water partition coefficient (Wildman–Crippen LogP) is 8.50. The maximum Gasteiger partial charge on any atom is -0.0264 e. The van der Waals surface area contributed by atoms with E-state index in [-0.39, 0.29) is 0 Å². The lowest BCUT2D eigenvalue weighted by molar-refractivity contribution is -0.114. The van der Waals surface area contributed by atoms with Gasteiger partial charge in [-0.1, -0.05) is 66.7 Å². The van der Waals surface area contributed by atoms with Crippen LogP contribution in [0.5, 0.6) is 0 Å². The summed E-state index contributed by atoms with van der Waals surface area (Å²) in [6, 6.07) is 0. The third kappa shape index (κ3) is 3.44. The Labute approximate surface area is 170 Å². The van der Waals surface area contributed by atoms with Gasteiger partial charge < -0.3 is 0 Å². The Morgan fingerprint density at radius 3 is 2.30 bits per heavy atom. The summed E-state index contributed by atoms with van der Waals surface area (Å²) in [7, 11) is 0. The van der Waals surface area contributed by atoms with E-state index in [1.165, 1.54) is 32.1 Å². The largest absolute Gasteiger partial charge is 0.0628 e. The van der Waals surface area contributed by atoms with Gasteiger partial charge in [0, 0.05) is 0 Å². The van der Waals surface area contributed by atoms with Crippen molar-refractivity contribution in [1.29, 1.82) is 0 Å². The molecular weight excluding hydrogens is 324 g/mol. The van der Waals surface area contributed by atoms with Crippen LogP contribution in [0.4, 0.5) is 0 Å². The van der Waals surface area contributed by atoms with Crippen molar-refractivity contribution in [3.63, 3.8) is 0 Å². The third-order valence-corrected chi connectivity index (χ3v) is 10.8. The van der Waals surface area contributed by atoms with Crippen molar-refractivity contribution < 1.29 is 0 Å². The van der Waals surface area contributed by atoms with E-state index in [1.54, 1.807) is 51.4 Å². The first-order valence-electron chi connectivity index (χ1n) is 12.9. The maximum atomic E-state index is 2.75. The summed E-state index contributed by atoms with van der Waals surface area (Å²) in [6.45, 7) is 12.9. The van der Waals surface area contributed by atoms with Gasteiger partial charge in [0.2, 0.25) is 0 Å². The molecule has 4 unspecified atom stereocenters. The molecule has 4 saturated carbocycles. The minimum atomic E-state index is 0.677. The van der Waals surface area contributed by atoms with E-state index >= 15 is 0 Å². The first-order valence-corrected chi connectivity index (χ1v) is 12.9. The quantitative estimate of drug-likeness (QED) is 0.453. The van der Waals surface area contributed by atoms with Crippen LogP contribution in [0.1, 0.15) is 118 Å². The van der Waals surface area contributed by atoms with Crippen LogP contribution in [0, 0.1) is 52.3 Å². The highest BCUT2D eigenvalue weighted by Gasteiger charge is 2.59. The van der Waals surface area contributed by atoms with Crippen LogP contribution in [-0.2, 0) is 0 Å². The van der Waals surface area contributed by atoms with E-state index in [9.17, 15) is 0 Å².